The molecule has 0 saturated carbocycles. The minimum Gasteiger partial charge on any atom is -0.389 e. The van der Waals surface area contributed by atoms with E-state index in [0.29, 0.717) is 12.2 Å². The Balaban J connectivity index is 2.36. The molecule has 0 fully saturated rings. The van der Waals surface area contributed by atoms with Gasteiger partial charge in [-0.05, 0) is 40.6 Å². The lowest BCUT2D eigenvalue weighted by Gasteiger charge is -2.23. The van der Waals surface area contributed by atoms with Gasteiger partial charge in [0.2, 0.25) is 0 Å². The van der Waals surface area contributed by atoms with E-state index < -0.39 is 11.7 Å². The van der Waals surface area contributed by atoms with E-state index in [9.17, 15) is 13.2 Å². The van der Waals surface area contributed by atoms with Crippen molar-refractivity contribution in [2.75, 3.05) is 11.9 Å². The van der Waals surface area contributed by atoms with E-state index in [4.69, 9.17) is 18.0 Å². The molecule has 1 aromatic heterocycles. The van der Waals surface area contributed by atoms with Crippen molar-refractivity contribution < 1.29 is 13.2 Å². The van der Waals surface area contributed by atoms with Gasteiger partial charge in [0.15, 0.2) is 0 Å². The third-order valence-electron chi connectivity index (χ3n) is 3.00. The van der Waals surface area contributed by atoms with Crippen molar-refractivity contribution in [1.82, 2.24) is 0 Å². The fraction of sp³-hybridized carbons (Fsp3) is 0.214. The zero-order valence-corrected chi connectivity index (χ0v) is 12.8. The number of thiophene rings is 1. The summed E-state index contributed by atoms with van der Waals surface area (Å²) in [6, 6.07) is 5.42. The number of hydrogen-bond donors (Lipinski definition) is 1. The first-order valence-corrected chi connectivity index (χ1v) is 7.37. The normalized spacial score (nSPS) is 11.4. The molecule has 2 rings (SSSR count). The van der Waals surface area contributed by atoms with E-state index in [1.54, 1.807) is 18.4 Å². The van der Waals surface area contributed by atoms with Crippen LogP contribution in [0.5, 0.6) is 0 Å². The van der Waals surface area contributed by atoms with E-state index in [-0.39, 0.29) is 10.6 Å². The maximum Gasteiger partial charge on any atom is 0.416 e. The second-order valence-corrected chi connectivity index (χ2v) is 5.80. The molecule has 1 aromatic carbocycles. The van der Waals surface area contributed by atoms with Gasteiger partial charge in [-0.3, -0.25) is 0 Å². The van der Waals surface area contributed by atoms with Crippen LogP contribution in [-0.4, -0.2) is 12.0 Å². The Labute approximate surface area is 130 Å². The maximum absolute atomic E-state index is 12.8. The van der Waals surface area contributed by atoms with Crippen LogP contribution < -0.4 is 10.6 Å². The van der Waals surface area contributed by atoms with E-state index in [0.717, 1.165) is 17.7 Å². The highest BCUT2D eigenvalue weighted by atomic mass is 32.1. The van der Waals surface area contributed by atoms with Crippen molar-refractivity contribution in [3.63, 3.8) is 0 Å². The van der Waals surface area contributed by atoms with Crippen molar-refractivity contribution >= 4 is 34.2 Å². The molecule has 0 saturated heterocycles. The van der Waals surface area contributed by atoms with Crippen LogP contribution in [0, 0.1) is 0 Å². The summed E-state index contributed by atoms with van der Waals surface area (Å²) in [5.74, 6) is 0. The van der Waals surface area contributed by atoms with Crippen LogP contribution in [0.1, 0.15) is 16.7 Å². The molecule has 0 bridgehead atoms. The van der Waals surface area contributed by atoms with Crippen LogP contribution in [-0.2, 0) is 12.7 Å². The van der Waals surface area contributed by atoms with Gasteiger partial charge >= 0.3 is 6.18 Å². The molecule has 2 nitrogen and oxygen atoms in total. The van der Waals surface area contributed by atoms with Crippen LogP contribution in [0.4, 0.5) is 18.9 Å². The van der Waals surface area contributed by atoms with Gasteiger partial charge < -0.3 is 10.6 Å². The zero-order chi connectivity index (χ0) is 15.6. The number of anilines is 1. The molecule has 0 atom stereocenters. The maximum atomic E-state index is 12.8. The van der Waals surface area contributed by atoms with E-state index in [2.05, 4.69) is 0 Å². The van der Waals surface area contributed by atoms with Crippen molar-refractivity contribution in [2.24, 2.45) is 5.73 Å². The summed E-state index contributed by atoms with van der Waals surface area (Å²) in [4.78, 5) is 1.78. The quantitative estimate of drug-likeness (QED) is 0.858. The molecule has 2 N–H and O–H groups in total. The minimum atomic E-state index is -4.41. The predicted octanol–water partition coefficient (Wildman–Crippen LogP) is 4.04. The Morgan fingerprint density at radius 2 is 2.05 bits per heavy atom. The first-order valence-electron chi connectivity index (χ1n) is 6.02. The molecule has 0 amide bonds. The van der Waals surface area contributed by atoms with Gasteiger partial charge in [0, 0.05) is 24.8 Å². The Morgan fingerprint density at radius 3 is 2.57 bits per heavy atom. The summed E-state index contributed by atoms with van der Waals surface area (Å²) in [5.41, 5.74) is 6.72. The lowest BCUT2D eigenvalue weighted by Crippen LogP contribution is -2.22. The third-order valence-corrected chi connectivity index (χ3v) is 3.95. The number of benzene rings is 1. The fourth-order valence-corrected chi connectivity index (χ4v) is 2.81. The summed E-state index contributed by atoms with van der Waals surface area (Å²) in [6.45, 7) is 0.574. The largest absolute Gasteiger partial charge is 0.416 e. The predicted molar refractivity (Wildman–Crippen MR) is 83.8 cm³/mol. The molecular formula is C14H13F3N2S2. The van der Waals surface area contributed by atoms with Gasteiger partial charge in [0.1, 0.15) is 4.99 Å². The second kappa shape index (κ2) is 6.03. The molecule has 0 spiro atoms. The van der Waals surface area contributed by atoms with Crippen molar-refractivity contribution in [1.29, 1.82) is 0 Å². The van der Waals surface area contributed by atoms with Crippen molar-refractivity contribution in [2.45, 2.75) is 12.7 Å². The Bertz CT molecular complexity index is 636. The number of thiocarbonyl (C=S) groups is 1. The summed E-state index contributed by atoms with van der Waals surface area (Å²) in [6.07, 6.45) is -4.41. The topological polar surface area (TPSA) is 29.3 Å². The van der Waals surface area contributed by atoms with Crippen LogP contribution in [0.15, 0.2) is 35.0 Å². The summed E-state index contributed by atoms with van der Waals surface area (Å²) in [7, 11) is 1.79. The molecule has 0 aliphatic heterocycles. The SMILES string of the molecule is CN(Cc1ccsc1)c1ccc(C(F)(F)F)cc1C(N)=S. The van der Waals surface area contributed by atoms with E-state index in [1.165, 1.54) is 6.07 Å². The molecule has 1 heterocycles. The summed E-state index contributed by atoms with van der Waals surface area (Å²) >= 11 is 6.45. The van der Waals surface area contributed by atoms with Crippen LogP contribution in [0.3, 0.4) is 0 Å². The van der Waals surface area contributed by atoms with Crippen molar-refractivity contribution in [3.8, 4) is 0 Å². The Morgan fingerprint density at radius 1 is 1.33 bits per heavy atom. The number of rotatable bonds is 4. The van der Waals surface area contributed by atoms with Gasteiger partial charge in [0.05, 0.1) is 5.56 Å². The highest BCUT2D eigenvalue weighted by molar-refractivity contribution is 7.80. The zero-order valence-electron chi connectivity index (χ0n) is 11.1. The standard InChI is InChI=1S/C14H13F3N2S2/c1-19(7-9-4-5-21-8-9)12-3-2-10(14(15,16)17)6-11(12)13(18)20/h2-6,8H,7H2,1H3,(H2,18,20). The molecule has 0 aliphatic rings. The smallest absolute Gasteiger partial charge is 0.389 e. The Hall–Kier alpha value is -1.60. The van der Waals surface area contributed by atoms with Crippen molar-refractivity contribution in [3.05, 3.63) is 51.7 Å². The molecule has 0 aliphatic carbocycles. The highest BCUT2D eigenvalue weighted by Gasteiger charge is 2.31. The average Bonchev–Trinajstić information content (AvgIpc) is 2.89. The van der Waals surface area contributed by atoms with Gasteiger partial charge in [-0.2, -0.15) is 24.5 Å². The number of nitrogens with two attached hydrogens (primary N) is 1. The molecule has 0 unspecified atom stereocenters. The highest BCUT2D eigenvalue weighted by Crippen LogP contribution is 2.33. The van der Waals surface area contributed by atoms with E-state index in [1.807, 2.05) is 21.7 Å². The Kier molecular flexibility index (Phi) is 4.53. The number of nitrogens with zero attached hydrogens (tertiary/aromatic N) is 1. The number of hydrogen-bond acceptors (Lipinski definition) is 3. The van der Waals surface area contributed by atoms with Gasteiger partial charge in [-0.15, -0.1) is 0 Å². The first kappa shape index (κ1) is 15.8. The summed E-state index contributed by atoms with van der Waals surface area (Å²) in [5, 5.41) is 3.94. The lowest BCUT2D eigenvalue weighted by molar-refractivity contribution is -0.137. The van der Waals surface area contributed by atoms with Crippen LogP contribution in [0.2, 0.25) is 0 Å². The second-order valence-electron chi connectivity index (χ2n) is 4.58. The molecule has 7 heteroatoms. The fourth-order valence-electron chi connectivity index (χ4n) is 1.98. The van der Waals surface area contributed by atoms with Crippen LogP contribution in [0.25, 0.3) is 0 Å². The molecule has 21 heavy (non-hydrogen) atoms. The van der Waals surface area contributed by atoms with E-state index >= 15 is 0 Å². The lowest BCUT2D eigenvalue weighted by atomic mass is 10.1. The first-order chi connectivity index (χ1) is 9.79. The number of halogens is 3. The molecular weight excluding hydrogens is 317 g/mol. The molecule has 0 radical (unpaired) electrons. The van der Waals surface area contributed by atoms with Gasteiger partial charge in [-0.1, -0.05) is 12.2 Å². The third kappa shape index (κ3) is 3.74. The number of alkyl halides is 3. The average molecular weight is 330 g/mol. The monoisotopic (exact) mass is 330 g/mol. The van der Waals surface area contributed by atoms with Crippen LogP contribution >= 0.6 is 23.6 Å². The van der Waals surface area contributed by atoms with Gasteiger partial charge in [-0.25, -0.2) is 0 Å². The molecule has 112 valence electrons. The molecule has 2 aromatic rings. The summed E-state index contributed by atoms with van der Waals surface area (Å²) < 4.78 is 38.3. The minimum absolute atomic E-state index is 0.0479. The van der Waals surface area contributed by atoms with Gasteiger partial charge in [0.25, 0.3) is 0 Å².